The van der Waals surface area contributed by atoms with E-state index in [1.54, 1.807) is 22.6 Å². The molecule has 3 aromatic rings. The number of oxazole rings is 1. The van der Waals surface area contributed by atoms with Crippen LogP contribution in [0.25, 0.3) is 11.3 Å². The molecule has 2 aromatic carbocycles. The van der Waals surface area contributed by atoms with Gasteiger partial charge in [-0.3, -0.25) is 4.90 Å². The zero-order valence-electron chi connectivity index (χ0n) is 18.3. The lowest BCUT2D eigenvalue weighted by atomic mass is 9.87. The predicted octanol–water partition coefficient (Wildman–Crippen LogP) is 4.15. The number of piperazine rings is 1. The van der Waals surface area contributed by atoms with E-state index in [2.05, 4.69) is 30.7 Å². The van der Waals surface area contributed by atoms with Crippen LogP contribution >= 0.6 is 0 Å². The quantitative estimate of drug-likeness (QED) is 0.598. The van der Waals surface area contributed by atoms with Gasteiger partial charge in [0.15, 0.2) is 5.76 Å². The van der Waals surface area contributed by atoms with Crippen LogP contribution in [-0.4, -0.2) is 48.8 Å². The summed E-state index contributed by atoms with van der Waals surface area (Å²) in [5.41, 5.74) is 2.11. The lowest BCUT2D eigenvalue weighted by Gasteiger charge is -2.33. The van der Waals surface area contributed by atoms with E-state index < -0.39 is 10.0 Å². The Balaban J connectivity index is 1.37. The molecular weight excluding hydrogens is 410 g/mol. The molecule has 31 heavy (non-hydrogen) atoms. The Kier molecular flexibility index (Phi) is 6.01. The van der Waals surface area contributed by atoms with Crippen molar-refractivity contribution >= 4 is 10.0 Å². The van der Waals surface area contributed by atoms with Crippen LogP contribution < -0.4 is 0 Å². The SMILES string of the molecule is CC(C)(C)c1ccc(S(=O)(=O)N2CCN(Cc3ncc(-c4ccccc4)o3)CC2)cc1. The first kappa shape index (κ1) is 21.7. The summed E-state index contributed by atoms with van der Waals surface area (Å²) in [7, 11) is -3.48. The molecule has 1 aliphatic heterocycles. The zero-order chi connectivity index (χ0) is 22.1. The number of benzene rings is 2. The lowest BCUT2D eigenvalue weighted by molar-refractivity contribution is 0.168. The van der Waals surface area contributed by atoms with Gasteiger partial charge in [-0.2, -0.15) is 4.31 Å². The van der Waals surface area contributed by atoms with Gasteiger partial charge in [0, 0.05) is 31.7 Å². The Labute approximate surface area is 184 Å². The first-order valence-electron chi connectivity index (χ1n) is 10.6. The first-order chi connectivity index (χ1) is 14.7. The molecule has 164 valence electrons. The number of nitrogens with zero attached hydrogens (tertiary/aromatic N) is 3. The lowest BCUT2D eigenvalue weighted by Crippen LogP contribution is -2.48. The molecule has 0 spiro atoms. The van der Waals surface area contributed by atoms with Crippen molar-refractivity contribution < 1.29 is 12.8 Å². The molecule has 1 fully saturated rings. The molecule has 0 unspecified atom stereocenters. The molecule has 0 bridgehead atoms. The summed E-state index contributed by atoms with van der Waals surface area (Å²) in [5, 5.41) is 0. The van der Waals surface area contributed by atoms with E-state index in [9.17, 15) is 8.42 Å². The van der Waals surface area contributed by atoms with Crippen LogP contribution in [0.2, 0.25) is 0 Å². The molecule has 0 saturated carbocycles. The number of hydrogen-bond donors (Lipinski definition) is 0. The maximum absolute atomic E-state index is 13.0. The van der Waals surface area contributed by atoms with Crippen molar-refractivity contribution in [2.75, 3.05) is 26.2 Å². The predicted molar refractivity (Wildman–Crippen MR) is 121 cm³/mol. The van der Waals surface area contributed by atoms with Gasteiger partial charge in [0.1, 0.15) is 0 Å². The van der Waals surface area contributed by atoms with Gasteiger partial charge in [0.05, 0.1) is 17.6 Å². The fraction of sp³-hybridized carbons (Fsp3) is 0.375. The summed E-state index contributed by atoms with van der Waals surface area (Å²) in [6.07, 6.45) is 1.74. The minimum absolute atomic E-state index is 0.00577. The van der Waals surface area contributed by atoms with Gasteiger partial charge in [-0.1, -0.05) is 63.2 Å². The Morgan fingerprint density at radius 3 is 2.19 bits per heavy atom. The number of aromatic nitrogens is 1. The molecule has 0 N–H and O–H groups in total. The molecule has 1 aromatic heterocycles. The van der Waals surface area contributed by atoms with Crippen LogP contribution in [0.3, 0.4) is 0 Å². The summed E-state index contributed by atoms with van der Waals surface area (Å²) in [6, 6.07) is 17.1. The monoisotopic (exact) mass is 439 g/mol. The van der Waals surface area contributed by atoms with Crippen molar-refractivity contribution in [3.8, 4) is 11.3 Å². The van der Waals surface area contributed by atoms with Gasteiger partial charge in [-0.15, -0.1) is 0 Å². The molecule has 1 aliphatic rings. The van der Waals surface area contributed by atoms with Crippen LogP contribution in [0.5, 0.6) is 0 Å². The van der Waals surface area contributed by atoms with E-state index >= 15 is 0 Å². The molecule has 6 nitrogen and oxygen atoms in total. The van der Waals surface area contributed by atoms with Crippen molar-refractivity contribution in [2.45, 2.75) is 37.6 Å². The Morgan fingerprint density at radius 2 is 1.58 bits per heavy atom. The average molecular weight is 440 g/mol. The number of hydrogen-bond acceptors (Lipinski definition) is 5. The Bertz CT molecular complexity index is 1110. The molecule has 4 rings (SSSR count). The van der Waals surface area contributed by atoms with Crippen molar-refractivity contribution in [1.82, 2.24) is 14.2 Å². The Morgan fingerprint density at radius 1 is 0.935 bits per heavy atom. The molecule has 0 atom stereocenters. The second-order valence-electron chi connectivity index (χ2n) is 8.94. The van der Waals surface area contributed by atoms with Crippen molar-refractivity contribution in [2.24, 2.45) is 0 Å². The standard InChI is InChI=1S/C24H29N3O3S/c1-24(2,3)20-9-11-21(12-10-20)31(28,29)27-15-13-26(14-16-27)18-23-25-17-22(30-23)19-7-5-4-6-8-19/h4-12,17H,13-16,18H2,1-3H3. The smallest absolute Gasteiger partial charge is 0.243 e. The van der Waals surface area contributed by atoms with Crippen molar-refractivity contribution in [3.63, 3.8) is 0 Å². The fourth-order valence-corrected chi connectivity index (χ4v) is 5.14. The zero-order valence-corrected chi connectivity index (χ0v) is 19.1. The topological polar surface area (TPSA) is 66.7 Å². The molecule has 7 heteroatoms. The summed E-state index contributed by atoms with van der Waals surface area (Å²) in [4.78, 5) is 6.92. The van der Waals surface area contributed by atoms with E-state index in [1.807, 2.05) is 42.5 Å². The Hall–Kier alpha value is -2.48. The molecule has 1 saturated heterocycles. The van der Waals surface area contributed by atoms with E-state index in [0.29, 0.717) is 43.5 Å². The van der Waals surface area contributed by atoms with Gasteiger partial charge in [0.25, 0.3) is 0 Å². The average Bonchev–Trinajstić information content (AvgIpc) is 3.23. The van der Waals surface area contributed by atoms with E-state index in [4.69, 9.17) is 4.42 Å². The molecule has 0 aliphatic carbocycles. The highest BCUT2D eigenvalue weighted by atomic mass is 32.2. The normalized spacial score (nSPS) is 16.5. The third-order valence-corrected chi connectivity index (χ3v) is 7.57. The summed E-state index contributed by atoms with van der Waals surface area (Å²) < 4.78 is 33.6. The van der Waals surface area contributed by atoms with Crippen molar-refractivity contribution in [1.29, 1.82) is 0 Å². The van der Waals surface area contributed by atoms with Gasteiger partial charge in [0.2, 0.25) is 15.9 Å². The summed E-state index contributed by atoms with van der Waals surface area (Å²) >= 11 is 0. The number of sulfonamides is 1. The van der Waals surface area contributed by atoms with Crippen molar-refractivity contribution in [3.05, 3.63) is 72.2 Å². The van der Waals surface area contributed by atoms with Gasteiger partial charge in [-0.05, 0) is 23.1 Å². The summed E-state index contributed by atoms with van der Waals surface area (Å²) in [5.74, 6) is 1.39. The van der Waals surface area contributed by atoms with E-state index in [0.717, 1.165) is 16.9 Å². The maximum Gasteiger partial charge on any atom is 0.243 e. The largest absolute Gasteiger partial charge is 0.439 e. The van der Waals surface area contributed by atoms with Crippen LogP contribution in [0.4, 0.5) is 0 Å². The van der Waals surface area contributed by atoms with Gasteiger partial charge >= 0.3 is 0 Å². The van der Waals surface area contributed by atoms with E-state index in [-0.39, 0.29) is 5.41 Å². The van der Waals surface area contributed by atoms with Crippen LogP contribution in [0, 0.1) is 0 Å². The minimum Gasteiger partial charge on any atom is -0.439 e. The highest BCUT2D eigenvalue weighted by molar-refractivity contribution is 7.89. The second-order valence-corrected chi connectivity index (χ2v) is 10.9. The van der Waals surface area contributed by atoms with Crippen LogP contribution in [-0.2, 0) is 22.0 Å². The van der Waals surface area contributed by atoms with E-state index in [1.165, 1.54) is 0 Å². The molecular formula is C24H29N3O3S. The van der Waals surface area contributed by atoms with Gasteiger partial charge in [-0.25, -0.2) is 13.4 Å². The van der Waals surface area contributed by atoms with Crippen LogP contribution in [0.15, 0.2) is 70.1 Å². The van der Waals surface area contributed by atoms with Gasteiger partial charge < -0.3 is 4.42 Å². The second kappa shape index (κ2) is 8.57. The molecule has 0 radical (unpaired) electrons. The molecule has 0 amide bonds. The third-order valence-electron chi connectivity index (χ3n) is 5.66. The third kappa shape index (κ3) is 4.89. The first-order valence-corrected chi connectivity index (χ1v) is 12.0. The summed E-state index contributed by atoms with van der Waals surface area (Å²) in [6.45, 7) is 9.11. The highest BCUT2D eigenvalue weighted by Crippen LogP contribution is 2.25. The highest BCUT2D eigenvalue weighted by Gasteiger charge is 2.29. The number of rotatable bonds is 5. The van der Waals surface area contributed by atoms with Crippen LogP contribution in [0.1, 0.15) is 32.2 Å². The fourth-order valence-electron chi connectivity index (χ4n) is 3.71. The minimum atomic E-state index is -3.48. The maximum atomic E-state index is 13.0. The molecule has 2 heterocycles.